The predicted molar refractivity (Wildman–Crippen MR) is 68.5 cm³/mol. The summed E-state index contributed by atoms with van der Waals surface area (Å²) in [6.45, 7) is 5.70. The Kier molecular flexibility index (Phi) is 3.62. The van der Waals surface area contributed by atoms with Crippen LogP contribution in [0.5, 0.6) is 0 Å². The average molecular weight is 311 g/mol. The largest absolute Gasteiger partial charge is 0.511 e. The molecule has 0 aliphatic carbocycles. The van der Waals surface area contributed by atoms with Gasteiger partial charge in [0.15, 0.2) is 0 Å². The van der Waals surface area contributed by atoms with Crippen LogP contribution in [0.3, 0.4) is 0 Å². The van der Waals surface area contributed by atoms with Gasteiger partial charge in [0, 0.05) is 24.7 Å². The maximum absolute atomic E-state index is 12.4. The number of halogens is 3. The van der Waals surface area contributed by atoms with E-state index in [1.165, 1.54) is 0 Å². The summed E-state index contributed by atoms with van der Waals surface area (Å²) in [5.74, 6) is 0.701. The number of sulfonamides is 1. The Morgan fingerprint density at radius 1 is 1.35 bits per heavy atom. The van der Waals surface area contributed by atoms with Gasteiger partial charge in [0.25, 0.3) is 0 Å². The molecule has 1 saturated heterocycles. The minimum absolute atomic E-state index is 0.0285. The molecule has 2 rings (SSSR count). The van der Waals surface area contributed by atoms with Crippen molar-refractivity contribution in [3.63, 3.8) is 0 Å². The minimum Gasteiger partial charge on any atom is -0.332 e. The second-order valence-electron chi connectivity index (χ2n) is 5.06. The number of nitrogens with one attached hydrogen (secondary N) is 1. The Balaban J connectivity index is 2.20. The smallest absolute Gasteiger partial charge is 0.332 e. The molecule has 5 nitrogen and oxygen atoms in total. The van der Waals surface area contributed by atoms with Crippen molar-refractivity contribution in [3.05, 3.63) is 11.3 Å². The SMILES string of the molecule is CC1=NC(C)C(C)=C2CC(NS(=O)(=O)C(F)(F)F)CN12. The van der Waals surface area contributed by atoms with E-state index < -0.39 is 21.6 Å². The molecule has 1 fully saturated rings. The highest BCUT2D eigenvalue weighted by atomic mass is 32.2. The number of hydrogen-bond acceptors (Lipinski definition) is 4. The van der Waals surface area contributed by atoms with E-state index in [2.05, 4.69) is 4.99 Å². The van der Waals surface area contributed by atoms with E-state index in [1.54, 1.807) is 16.5 Å². The second kappa shape index (κ2) is 4.73. The Labute approximate surface area is 115 Å². The van der Waals surface area contributed by atoms with E-state index in [0.29, 0.717) is 5.84 Å². The number of aliphatic imine (C=N–C) groups is 1. The van der Waals surface area contributed by atoms with Crippen LogP contribution in [0.1, 0.15) is 27.2 Å². The van der Waals surface area contributed by atoms with E-state index in [0.717, 1.165) is 11.3 Å². The van der Waals surface area contributed by atoms with Gasteiger partial charge in [-0.2, -0.15) is 13.2 Å². The second-order valence-corrected chi connectivity index (χ2v) is 6.77. The molecule has 2 unspecified atom stereocenters. The first-order valence-corrected chi connectivity index (χ1v) is 7.61. The molecule has 0 saturated carbocycles. The molecule has 0 aromatic rings. The van der Waals surface area contributed by atoms with Gasteiger partial charge in [0.2, 0.25) is 0 Å². The maximum Gasteiger partial charge on any atom is 0.511 e. The number of amidine groups is 1. The lowest BCUT2D eigenvalue weighted by molar-refractivity contribution is -0.0450. The van der Waals surface area contributed by atoms with Crippen molar-refractivity contribution in [3.8, 4) is 0 Å². The molecule has 2 aliphatic rings. The number of hydrogen-bond donors (Lipinski definition) is 1. The summed E-state index contributed by atoms with van der Waals surface area (Å²) < 4.78 is 61.1. The highest BCUT2D eigenvalue weighted by Gasteiger charge is 2.48. The van der Waals surface area contributed by atoms with Crippen molar-refractivity contribution >= 4 is 15.9 Å². The van der Waals surface area contributed by atoms with Crippen LogP contribution in [0.4, 0.5) is 13.2 Å². The Morgan fingerprint density at radius 3 is 2.50 bits per heavy atom. The van der Waals surface area contributed by atoms with E-state index in [4.69, 9.17) is 0 Å². The van der Waals surface area contributed by atoms with Crippen LogP contribution in [0.25, 0.3) is 0 Å². The highest BCUT2D eigenvalue weighted by Crippen LogP contribution is 2.32. The first-order valence-electron chi connectivity index (χ1n) is 6.13. The zero-order valence-corrected chi connectivity index (χ0v) is 12.1. The lowest BCUT2D eigenvalue weighted by atomic mass is 10.0. The molecule has 0 amide bonds. The monoisotopic (exact) mass is 311 g/mol. The average Bonchev–Trinajstić information content (AvgIpc) is 2.68. The van der Waals surface area contributed by atoms with Gasteiger partial charge in [-0.3, -0.25) is 4.99 Å². The van der Waals surface area contributed by atoms with Gasteiger partial charge in [0.1, 0.15) is 5.84 Å². The summed E-state index contributed by atoms with van der Waals surface area (Å²) in [4.78, 5) is 6.15. The van der Waals surface area contributed by atoms with Crippen LogP contribution in [-0.2, 0) is 10.0 Å². The third-order valence-electron chi connectivity index (χ3n) is 3.65. The van der Waals surface area contributed by atoms with E-state index in [-0.39, 0.29) is 19.0 Å². The molecule has 0 radical (unpaired) electrons. The van der Waals surface area contributed by atoms with E-state index in [9.17, 15) is 21.6 Å². The Bertz CT molecular complexity index is 580. The molecule has 9 heteroatoms. The summed E-state index contributed by atoms with van der Waals surface area (Å²) >= 11 is 0. The van der Waals surface area contributed by atoms with Crippen molar-refractivity contribution in [1.82, 2.24) is 9.62 Å². The number of alkyl halides is 3. The van der Waals surface area contributed by atoms with Crippen LogP contribution in [0.2, 0.25) is 0 Å². The van der Waals surface area contributed by atoms with Crippen molar-refractivity contribution in [2.75, 3.05) is 6.54 Å². The molecule has 114 valence electrons. The van der Waals surface area contributed by atoms with Crippen LogP contribution in [0.15, 0.2) is 16.3 Å². The third-order valence-corrected chi connectivity index (χ3v) is 4.90. The standard InChI is InChI=1S/C11H16F3N3O2S/c1-6-7(2)15-8(3)17-5-9(4-10(6)17)16-20(18,19)11(12,13)14/h7,9,16H,4-5H2,1-3H3. The van der Waals surface area contributed by atoms with Gasteiger partial charge in [-0.25, -0.2) is 13.1 Å². The van der Waals surface area contributed by atoms with Gasteiger partial charge < -0.3 is 4.90 Å². The zero-order valence-electron chi connectivity index (χ0n) is 11.3. The number of rotatable bonds is 2. The van der Waals surface area contributed by atoms with Crippen LogP contribution >= 0.6 is 0 Å². The lowest BCUT2D eigenvalue weighted by Gasteiger charge is -2.28. The number of nitrogens with zero attached hydrogens (tertiary/aromatic N) is 2. The van der Waals surface area contributed by atoms with Crippen molar-refractivity contribution in [2.45, 2.75) is 44.8 Å². The third kappa shape index (κ3) is 2.56. The molecule has 0 aromatic carbocycles. The molecule has 2 aliphatic heterocycles. The molecular weight excluding hydrogens is 295 g/mol. The van der Waals surface area contributed by atoms with Gasteiger partial charge in [-0.15, -0.1) is 0 Å². The fraction of sp³-hybridized carbons (Fsp3) is 0.727. The van der Waals surface area contributed by atoms with E-state index in [1.807, 2.05) is 13.8 Å². The molecule has 2 heterocycles. The first kappa shape index (κ1) is 15.3. The van der Waals surface area contributed by atoms with Crippen molar-refractivity contribution in [2.24, 2.45) is 4.99 Å². The predicted octanol–water partition coefficient (Wildman–Crippen LogP) is 1.59. The fourth-order valence-electron chi connectivity index (χ4n) is 2.49. The van der Waals surface area contributed by atoms with Gasteiger partial charge in [0.05, 0.1) is 6.04 Å². The molecular formula is C11H16F3N3O2S. The normalized spacial score (nSPS) is 27.7. The van der Waals surface area contributed by atoms with E-state index >= 15 is 0 Å². The molecule has 0 spiro atoms. The van der Waals surface area contributed by atoms with Crippen LogP contribution < -0.4 is 4.72 Å². The summed E-state index contributed by atoms with van der Waals surface area (Å²) in [5, 5.41) is 0. The summed E-state index contributed by atoms with van der Waals surface area (Å²) in [7, 11) is -5.31. The molecule has 0 bridgehead atoms. The maximum atomic E-state index is 12.4. The summed E-state index contributed by atoms with van der Waals surface area (Å²) in [6.07, 6.45) is 0.248. The quantitative estimate of drug-likeness (QED) is 0.842. The summed E-state index contributed by atoms with van der Waals surface area (Å²) in [5.41, 5.74) is -3.46. The topological polar surface area (TPSA) is 61.8 Å². The van der Waals surface area contributed by atoms with Gasteiger partial charge in [-0.05, 0) is 26.3 Å². The van der Waals surface area contributed by atoms with Gasteiger partial charge >= 0.3 is 15.5 Å². The molecule has 0 aromatic heterocycles. The Morgan fingerprint density at radius 2 is 1.95 bits per heavy atom. The minimum atomic E-state index is -5.31. The van der Waals surface area contributed by atoms with Crippen LogP contribution in [-0.4, -0.2) is 43.3 Å². The Hall–Kier alpha value is -1.09. The van der Waals surface area contributed by atoms with Gasteiger partial charge in [-0.1, -0.05) is 0 Å². The molecule has 20 heavy (non-hydrogen) atoms. The van der Waals surface area contributed by atoms with Crippen LogP contribution in [0, 0.1) is 0 Å². The van der Waals surface area contributed by atoms with Crippen molar-refractivity contribution < 1.29 is 21.6 Å². The summed E-state index contributed by atoms with van der Waals surface area (Å²) in [6, 6.07) is -0.818. The van der Waals surface area contributed by atoms with Crippen molar-refractivity contribution in [1.29, 1.82) is 0 Å². The lowest BCUT2D eigenvalue weighted by Crippen LogP contribution is -2.44. The molecule has 1 N–H and O–H groups in total. The zero-order chi connectivity index (χ0) is 15.3. The highest BCUT2D eigenvalue weighted by molar-refractivity contribution is 7.90. The number of fused-ring (bicyclic) bond motifs is 1. The fourth-order valence-corrected chi connectivity index (χ4v) is 3.22. The molecule has 2 atom stereocenters. The first-order chi connectivity index (χ1) is 9.03.